The van der Waals surface area contributed by atoms with E-state index in [1.807, 2.05) is 0 Å². The molecule has 1 unspecified atom stereocenters. The fourth-order valence-corrected chi connectivity index (χ4v) is 3.87. The highest BCUT2D eigenvalue weighted by Crippen LogP contribution is 2.20. The van der Waals surface area contributed by atoms with Crippen LogP contribution < -0.4 is 0 Å². The van der Waals surface area contributed by atoms with Gasteiger partial charge in [-0.15, -0.1) is 0 Å². The zero-order chi connectivity index (χ0) is 12.9. The van der Waals surface area contributed by atoms with Crippen LogP contribution in [0, 0.1) is 5.92 Å². The number of halogens is 1. The van der Waals surface area contributed by atoms with E-state index in [0.717, 1.165) is 24.3 Å². The van der Waals surface area contributed by atoms with E-state index in [-0.39, 0.29) is 5.25 Å². The van der Waals surface area contributed by atoms with Crippen molar-refractivity contribution < 1.29 is 8.42 Å². The van der Waals surface area contributed by atoms with Crippen LogP contribution in [0.5, 0.6) is 0 Å². The van der Waals surface area contributed by atoms with Crippen LogP contribution in [0.15, 0.2) is 0 Å². The van der Waals surface area contributed by atoms with Gasteiger partial charge < -0.3 is 4.90 Å². The monoisotopic (exact) mass is 325 g/mol. The predicted octanol–water partition coefficient (Wildman–Crippen LogP) is 2.31. The lowest BCUT2D eigenvalue weighted by Gasteiger charge is -2.32. The number of alkyl halides is 1. The number of hydrogen-bond acceptors (Lipinski definition) is 3. The van der Waals surface area contributed by atoms with Crippen LogP contribution in [-0.2, 0) is 9.84 Å². The molecule has 0 radical (unpaired) electrons. The summed E-state index contributed by atoms with van der Waals surface area (Å²) >= 11 is 3.48. The van der Waals surface area contributed by atoms with Crippen LogP contribution in [0.3, 0.4) is 0 Å². The smallest absolute Gasteiger partial charge is 0.153 e. The molecule has 1 aliphatic rings. The summed E-state index contributed by atoms with van der Waals surface area (Å²) in [7, 11) is -2.88. The van der Waals surface area contributed by atoms with E-state index < -0.39 is 9.84 Å². The highest BCUT2D eigenvalue weighted by molar-refractivity contribution is 9.09. The van der Waals surface area contributed by atoms with Crippen molar-refractivity contribution in [3.05, 3.63) is 0 Å². The van der Waals surface area contributed by atoms with Crippen LogP contribution in [-0.4, -0.2) is 49.3 Å². The number of nitrogens with zero attached hydrogens (tertiary/aromatic N) is 1. The van der Waals surface area contributed by atoms with E-state index in [0.29, 0.717) is 12.3 Å². The lowest BCUT2D eigenvalue weighted by molar-refractivity contribution is 0.181. The molecule has 1 aliphatic heterocycles. The largest absolute Gasteiger partial charge is 0.302 e. The second-order valence-electron chi connectivity index (χ2n) is 5.20. The number of likely N-dealkylation sites (tertiary alicyclic amines) is 1. The van der Waals surface area contributed by atoms with Crippen molar-refractivity contribution in [2.45, 2.75) is 38.4 Å². The standard InChI is InChI=1S/C12H24BrNO2S/c1-11(2)17(15,16)9-8-14-7-3-4-12(10-14)5-6-13/h11-12H,3-10H2,1-2H3. The first-order chi connectivity index (χ1) is 7.95. The Balaban J connectivity index is 2.37. The maximum Gasteiger partial charge on any atom is 0.153 e. The zero-order valence-corrected chi connectivity index (χ0v) is 13.3. The summed E-state index contributed by atoms with van der Waals surface area (Å²) in [5.74, 6) is 1.05. The summed E-state index contributed by atoms with van der Waals surface area (Å²) in [6.45, 7) is 6.36. The van der Waals surface area contributed by atoms with Crippen LogP contribution in [0.2, 0.25) is 0 Å². The Hall–Kier alpha value is 0.390. The number of piperidine rings is 1. The molecule has 17 heavy (non-hydrogen) atoms. The molecule has 5 heteroatoms. The molecule has 3 nitrogen and oxygen atoms in total. The van der Waals surface area contributed by atoms with Gasteiger partial charge in [-0.25, -0.2) is 8.42 Å². The third-order valence-electron chi connectivity index (χ3n) is 3.53. The fraction of sp³-hybridized carbons (Fsp3) is 1.00. The van der Waals surface area contributed by atoms with Crippen molar-refractivity contribution >= 4 is 25.8 Å². The number of sulfone groups is 1. The topological polar surface area (TPSA) is 37.4 Å². The molecule has 0 aromatic heterocycles. The third kappa shape index (κ3) is 5.26. The van der Waals surface area contributed by atoms with Gasteiger partial charge in [-0.3, -0.25) is 0 Å². The Kier molecular flexibility index (Phi) is 6.45. The normalized spacial score (nSPS) is 23.2. The van der Waals surface area contributed by atoms with Crippen molar-refractivity contribution in [1.29, 1.82) is 0 Å². The molecule has 0 bridgehead atoms. The van der Waals surface area contributed by atoms with Gasteiger partial charge in [-0.1, -0.05) is 15.9 Å². The van der Waals surface area contributed by atoms with Crippen molar-refractivity contribution in [1.82, 2.24) is 4.90 Å². The Morgan fingerprint density at radius 3 is 2.71 bits per heavy atom. The van der Waals surface area contributed by atoms with Crippen molar-refractivity contribution in [3.63, 3.8) is 0 Å². The van der Waals surface area contributed by atoms with E-state index in [2.05, 4.69) is 20.8 Å². The van der Waals surface area contributed by atoms with E-state index in [1.165, 1.54) is 19.3 Å². The quantitative estimate of drug-likeness (QED) is 0.703. The molecular weight excluding hydrogens is 302 g/mol. The first kappa shape index (κ1) is 15.4. The molecule has 1 saturated heterocycles. The van der Waals surface area contributed by atoms with Crippen LogP contribution >= 0.6 is 15.9 Å². The Morgan fingerprint density at radius 2 is 2.12 bits per heavy atom. The Labute approximate surface area is 114 Å². The van der Waals surface area contributed by atoms with Crippen molar-refractivity contribution in [2.24, 2.45) is 5.92 Å². The Morgan fingerprint density at radius 1 is 1.41 bits per heavy atom. The molecule has 0 spiro atoms. The predicted molar refractivity (Wildman–Crippen MR) is 76.5 cm³/mol. The molecule has 1 atom stereocenters. The van der Waals surface area contributed by atoms with E-state index >= 15 is 0 Å². The SMILES string of the molecule is CC(C)S(=O)(=O)CCN1CCCC(CCBr)C1. The number of rotatable bonds is 6. The molecular formula is C12H24BrNO2S. The lowest BCUT2D eigenvalue weighted by atomic mass is 9.96. The van der Waals surface area contributed by atoms with E-state index in [4.69, 9.17) is 0 Å². The van der Waals surface area contributed by atoms with Gasteiger partial charge in [-0.05, 0) is 45.6 Å². The summed E-state index contributed by atoms with van der Waals surface area (Å²) < 4.78 is 23.5. The average Bonchev–Trinajstić information content (AvgIpc) is 2.27. The van der Waals surface area contributed by atoms with Gasteiger partial charge in [0.2, 0.25) is 0 Å². The lowest BCUT2D eigenvalue weighted by Crippen LogP contribution is -2.39. The maximum atomic E-state index is 11.7. The first-order valence-corrected chi connectivity index (χ1v) is 9.29. The van der Waals surface area contributed by atoms with Crippen LogP contribution in [0.4, 0.5) is 0 Å². The molecule has 0 N–H and O–H groups in total. The van der Waals surface area contributed by atoms with Crippen LogP contribution in [0.25, 0.3) is 0 Å². The summed E-state index contributed by atoms with van der Waals surface area (Å²) in [5.41, 5.74) is 0. The highest BCUT2D eigenvalue weighted by Gasteiger charge is 2.22. The van der Waals surface area contributed by atoms with E-state index in [9.17, 15) is 8.42 Å². The molecule has 0 amide bonds. The van der Waals surface area contributed by atoms with Gasteiger partial charge in [-0.2, -0.15) is 0 Å². The summed E-state index contributed by atoms with van der Waals surface area (Å²) in [6, 6.07) is 0. The number of hydrogen-bond donors (Lipinski definition) is 0. The average molecular weight is 326 g/mol. The van der Waals surface area contributed by atoms with Gasteiger partial charge in [0.1, 0.15) is 0 Å². The Bertz CT molecular complexity index is 314. The molecule has 0 aliphatic carbocycles. The zero-order valence-electron chi connectivity index (χ0n) is 10.9. The first-order valence-electron chi connectivity index (χ1n) is 6.45. The molecule has 102 valence electrons. The molecule has 0 aromatic rings. The van der Waals surface area contributed by atoms with Gasteiger partial charge in [0.05, 0.1) is 11.0 Å². The van der Waals surface area contributed by atoms with Crippen molar-refractivity contribution in [2.75, 3.05) is 30.7 Å². The van der Waals surface area contributed by atoms with Crippen molar-refractivity contribution in [3.8, 4) is 0 Å². The summed E-state index contributed by atoms with van der Waals surface area (Å²) in [4.78, 5) is 2.32. The van der Waals surface area contributed by atoms with Gasteiger partial charge >= 0.3 is 0 Å². The molecule has 0 saturated carbocycles. The van der Waals surface area contributed by atoms with Gasteiger partial charge in [0, 0.05) is 18.4 Å². The molecule has 1 heterocycles. The fourth-order valence-electron chi connectivity index (χ4n) is 2.24. The second kappa shape index (κ2) is 7.10. The summed E-state index contributed by atoms with van der Waals surface area (Å²) in [6.07, 6.45) is 3.70. The minimum absolute atomic E-state index is 0.245. The highest BCUT2D eigenvalue weighted by atomic mass is 79.9. The molecule has 1 rings (SSSR count). The molecule has 1 fully saturated rings. The maximum absolute atomic E-state index is 11.7. The van der Waals surface area contributed by atoms with Gasteiger partial charge in [0.25, 0.3) is 0 Å². The van der Waals surface area contributed by atoms with Gasteiger partial charge in [0.15, 0.2) is 9.84 Å². The third-order valence-corrected chi connectivity index (χ3v) is 6.18. The van der Waals surface area contributed by atoms with Crippen LogP contribution in [0.1, 0.15) is 33.1 Å². The summed E-state index contributed by atoms with van der Waals surface area (Å²) in [5, 5.41) is 0.807. The van der Waals surface area contributed by atoms with E-state index in [1.54, 1.807) is 13.8 Å². The molecule has 0 aromatic carbocycles. The second-order valence-corrected chi connectivity index (χ2v) is 8.67. The minimum Gasteiger partial charge on any atom is -0.302 e. The minimum atomic E-state index is -2.88.